The summed E-state index contributed by atoms with van der Waals surface area (Å²) in [6.45, 7) is 0. The molecule has 11 nitrogen and oxygen atoms in total. The zero-order valence-corrected chi connectivity index (χ0v) is 15.3. The maximum Gasteiger partial charge on any atom is 0.311 e. The van der Waals surface area contributed by atoms with Gasteiger partial charge in [-0.05, 0) is 24.3 Å². The number of Topliss-reactive ketones (excluding diaryl/α,β-unsaturated/α-hetero) is 2. The van der Waals surface area contributed by atoms with E-state index in [1.54, 1.807) is 0 Å². The number of nitrogens with two attached hydrogens (primary N) is 1. The van der Waals surface area contributed by atoms with Gasteiger partial charge in [0.2, 0.25) is 11.5 Å². The molecule has 0 spiro atoms. The second-order valence-corrected chi connectivity index (χ2v) is 7.63. The summed E-state index contributed by atoms with van der Waals surface area (Å²) in [5, 5.41) is 53.6. The first-order valence-electron chi connectivity index (χ1n) is 8.96. The standard InChI is InChI=1S/C19H16N2O9/c20-18(27)13-10(22)5-8-4-7-3-6-1-2-9(21(29)30)14(23)11(6)15(24)12(7)16(25)19(8,28)17(13)26/h1-2,7-8,23-24,26,28H,3-5H2,(H2,20,27)/t7-,8-,19-/m0/s1. The van der Waals surface area contributed by atoms with E-state index in [-0.39, 0.29) is 24.0 Å². The molecule has 0 aromatic heterocycles. The van der Waals surface area contributed by atoms with E-state index in [2.05, 4.69) is 0 Å². The number of hydrogen-bond donors (Lipinski definition) is 5. The van der Waals surface area contributed by atoms with Gasteiger partial charge in [-0.1, -0.05) is 6.07 Å². The Morgan fingerprint density at radius 1 is 1.20 bits per heavy atom. The number of benzene rings is 1. The summed E-state index contributed by atoms with van der Waals surface area (Å²) in [5.41, 5.74) is 0.578. The molecule has 1 aromatic carbocycles. The Morgan fingerprint density at radius 3 is 2.47 bits per heavy atom. The summed E-state index contributed by atoms with van der Waals surface area (Å²) in [6, 6.07) is 2.42. The molecule has 0 aliphatic heterocycles. The summed E-state index contributed by atoms with van der Waals surface area (Å²) < 4.78 is 0. The van der Waals surface area contributed by atoms with E-state index < -0.39 is 74.8 Å². The average molecular weight is 416 g/mol. The number of nitro groups is 1. The van der Waals surface area contributed by atoms with Gasteiger partial charge in [-0.3, -0.25) is 24.5 Å². The molecular formula is C19H16N2O9. The number of phenolic OH excluding ortho intramolecular Hbond substituents is 1. The molecule has 0 bridgehead atoms. The van der Waals surface area contributed by atoms with E-state index in [9.17, 15) is 44.9 Å². The van der Waals surface area contributed by atoms with Crippen molar-refractivity contribution in [2.45, 2.75) is 24.9 Å². The van der Waals surface area contributed by atoms with E-state index in [0.717, 1.165) is 6.07 Å². The number of phenols is 1. The molecule has 4 rings (SSSR count). The Bertz CT molecular complexity index is 1130. The largest absolute Gasteiger partial charge is 0.508 e. The van der Waals surface area contributed by atoms with E-state index in [1.807, 2.05) is 0 Å². The average Bonchev–Trinajstić information content (AvgIpc) is 2.64. The van der Waals surface area contributed by atoms with Crippen LogP contribution < -0.4 is 5.73 Å². The molecule has 0 radical (unpaired) electrons. The van der Waals surface area contributed by atoms with Gasteiger partial charge in [0.1, 0.15) is 17.1 Å². The number of primary amides is 1. The first kappa shape index (κ1) is 19.6. The number of aromatic hydroxyl groups is 1. The van der Waals surface area contributed by atoms with Gasteiger partial charge in [-0.15, -0.1) is 0 Å². The normalized spacial score (nSPS) is 28.0. The molecule has 0 heterocycles. The predicted octanol–water partition coefficient (Wildman–Crippen LogP) is 0.332. The summed E-state index contributed by atoms with van der Waals surface area (Å²) in [4.78, 5) is 47.2. The third-order valence-corrected chi connectivity index (χ3v) is 6.11. The van der Waals surface area contributed by atoms with Gasteiger partial charge in [-0.25, -0.2) is 0 Å². The van der Waals surface area contributed by atoms with Crippen LogP contribution in [-0.2, 0) is 20.8 Å². The second-order valence-electron chi connectivity index (χ2n) is 7.63. The van der Waals surface area contributed by atoms with Gasteiger partial charge < -0.3 is 26.2 Å². The number of amides is 1. The van der Waals surface area contributed by atoms with E-state index >= 15 is 0 Å². The minimum Gasteiger partial charge on any atom is -0.508 e. The van der Waals surface area contributed by atoms with E-state index in [4.69, 9.17) is 5.73 Å². The number of carbonyl (C=O) groups is 3. The third kappa shape index (κ3) is 2.32. The highest BCUT2D eigenvalue weighted by atomic mass is 16.6. The van der Waals surface area contributed by atoms with Gasteiger partial charge in [0, 0.05) is 24.0 Å². The fourth-order valence-electron chi connectivity index (χ4n) is 4.73. The first-order chi connectivity index (χ1) is 14.0. The number of fused-ring (bicyclic) bond motifs is 3. The number of carbonyl (C=O) groups excluding carboxylic acids is 3. The Hall–Kier alpha value is -3.73. The van der Waals surface area contributed by atoms with E-state index in [1.165, 1.54) is 6.07 Å². The minimum absolute atomic E-state index is 0.000659. The molecule has 0 saturated heterocycles. The van der Waals surface area contributed by atoms with Crippen LogP contribution in [0.25, 0.3) is 5.76 Å². The van der Waals surface area contributed by atoms with Crippen LogP contribution >= 0.6 is 0 Å². The smallest absolute Gasteiger partial charge is 0.311 e. The van der Waals surface area contributed by atoms with Crippen molar-refractivity contribution >= 4 is 28.9 Å². The van der Waals surface area contributed by atoms with Crippen LogP contribution in [0.3, 0.4) is 0 Å². The Balaban J connectivity index is 1.94. The van der Waals surface area contributed by atoms with Crippen molar-refractivity contribution in [1.82, 2.24) is 0 Å². The Morgan fingerprint density at radius 2 is 1.87 bits per heavy atom. The molecule has 6 N–H and O–H groups in total. The van der Waals surface area contributed by atoms with Gasteiger partial charge in [0.25, 0.3) is 5.91 Å². The molecule has 1 saturated carbocycles. The lowest BCUT2D eigenvalue weighted by Crippen LogP contribution is -2.58. The lowest BCUT2D eigenvalue weighted by molar-refractivity contribution is -0.385. The van der Waals surface area contributed by atoms with Crippen molar-refractivity contribution in [3.8, 4) is 5.75 Å². The maximum atomic E-state index is 13.2. The highest BCUT2D eigenvalue weighted by Crippen LogP contribution is 2.52. The lowest BCUT2D eigenvalue weighted by Gasteiger charge is -2.45. The predicted molar refractivity (Wildman–Crippen MR) is 98.0 cm³/mol. The number of ketones is 2. The number of aliphatic hydroxyl groups is 3. The monoisotopic (exact) mass is 416 g/mol. The van der Waals surface area contributed by atoms with Crippen LogP contribution in [0, 0.1) is 22.0 Å². The van der Waals surface area contributed by atoms with Crippen LogP contribution in [0.5, 0.6) is 5.75 Å². The van der Waals surface area contributed by atoms with Crippen molar-refractivity contribution in [3.63, 3.8) is 0 Å². The molecule has 1 aromatic rings. The van der Waals surface area contributed by atoms with Crippen LogP contribution in [0.1, 0.15) is 24.0 Å². The Labute approximate surface area is 167 Å². The number of hydrogen-bond acceptors (Lipinski definition) is 9. The van der Waals surface area contributed by atoms with Crippen molar-refractivity contribution in [2.24, 2.45) is 17.6 Å². The van der Waals surface area contributed by atoms with E-state index in [0.29, 0.717) is 5.56 Å². The molecule has 3 aliphatic carbocycles. The lowest BCUT2D eigenvalue weighted by atomic mass is 9.59. The van der Waals surface area contributed by atoms with Crippen molar-refractivity contribution in [3.05, 3.63) is 50.3 Å². The number of nitro benzene ring substituents is 1. The highest BCUT2D eigenvalue weighted by molar-refractivity contribution is 6.22. The van der Waals surface area contributed by atoms with Crippen LogP contribution in [-0.4, -0.2) is 48.4 Å². The topological polar surface area (TPSA) is 201 Å². The van der Waals surface area contributed by atoms with Gasteiger partial charge >= 0.3 is 5.69 Å². The quantitative estimate of drug-likeness (QED) is 0.256. The fourth-order valence-corrected chi connectivity index (χ4v) is 4.73. The molecule has 30 heavy (non-hydrogen) atoms. The summed E-state index contributed by atoms with van der Waals surface area (Å²) in [5.74, 6) is -7.76. The third-order valence-electron chi connectivity index (χ3n) is 6.11. The van der Waals surface area contributed by atoms with Gasteiger partial charge in [-0.2, -0.15) is 0 Å². The van der Waals surface area contributed by atoms with Crippen molar-refractivity contribution < 1.29 is 39.7 Å². The molecule has 11 heteroatoms. The zero-order valence-electron chi connectivity index (χ0n) is 15.3. The molecule has 1 fully saturated rings. The number of rotatable bonds is 2. The SMILES string of the molecule is NC(=O)C1=C(O)[C@@]2(O)C(=O)C3=C(O)c4c(ccc([N+](=O)[O-])c4O)C[C@H]3C[C@H]2CC1=O. The molecular weight excluding hydrogens is 400 g/mol. The highest BCUT2D eigenvalue weighted by Gasteiger charge is 2.60. The maximum absolute atomic E-state index is 13.2. The minimum atomic E-state index is -2.66. The molecule has 3 aliphatic rings. The second kappa shape index (κ2) is 6.13. The molecule has 156 valence electrons. The van der Waals surface area contributed by atoms with Crippen molar-refractivity contribution in [2.75, 3.05) is 0 Å². The van der Waals surface area contributed by atoms with Crippen molar-refractivity contribution in [1.29, 1.82) is 0 Å². The summed E-state index contributed by atoms with van der Waals surface area (Å²) >= 11 is 0. The van der Waals surface area contributed by atoms with Gasteiger partial charge in [0.05, 0.1) is 10.5 Å². The summed E-state index contributed by atoms with van der Waals surface area (Å²) in [6.07, 6.45) is -0.311. The van der Waals surface area contributed by atoms with Crippen LogP contribution in [0.4, 0.5) is 5.69 Å². The number of aliphatic hydroxyl groups excluding tert-OH is 2. The zero-order chi connectivity index (χ0) is 22.1. The summed E-state index contributed by atoms with van der Waals surface area (Å²) in [7, 11) is 0. The Kier molecular flexibility index (Phi) is 4.00. The van der Waals surface area contributed by atoms with Gasteiger partial charge in [0.15, 0.2) is 11.4 Å². The molecule has 1 amide bonds. The number of nitrogens with zero attached hydrogens (tertiary/aromatic N) is 1. The first-order valence-corrected chi connectivity index (χ1v) is 8.96. The van der Waals surface area contributed by atoms with Crippen LogP contribution in [0.2, 0.25) is 0 Å². The fraction of sp³-hybridized carbons (Fsp3) is 0.316. The van der Waals surface area contributed by atoms with Crippen LogP contribution in [0.15, 0.2) is 29.0 Å². The molecule has 0 unspecified atom stereocenters. The molecule has 3 atom stereocenters.